The van der Waals surface area contributed by atoms with Gasteiger partial charge in [0.25, 0.3) is 0 Å². The van der Waals surface area contributed by atoms with Crippen molar-refractivity contribution in [2.24, 2.45) is 11.7 Å². The van der Waals surface area contributed by atoms with Crippen molar-refractivity contribution in [3.8, 4) is 0 Å². The van der Waals surface area contributed by atoms with Gasteiger partial charge in [-0.15, -0.1) is 0 Å². The van der Waals surface area contributed by atoms with Crippen molar-refractivity contribution >= 4 is 22.9 Å². The van der Waals surface area contributed by atoms with E-state index in [1.807, 2.05) is 0 Å². The van der Waals surface area contributed by atoms with Gasteiger partial charge < -0.3 is 10.6 Å². The predicted octanol–water partition coefficient (Wildman–Crippen LogP) is 3.76. The van der Waals surface area contributed by atoms with Crippen molar-refractivity contribution in [3.05, 3.63) is 29.3 Å². The van der Waals surface area contributed by atoms with Crippen LogP contribution in [-0.2, 0) is 0 Å². The zero-order chi connectivity index (χ0) is 15.0. The second kappa shape index (κ2) is 5.87. The Labute approximate surface area is 129 Å². The minimum absolute atomic E-state index is 0.0107. The third-order valence-electron chi connectivity index (χ3n) is 4.88. The highest BCUT2D eigenvalue weighted by Gasteiger charge is 2.35. The van der Waals surface area contributed by atoms with Crippen molar-refractivity contribution in [2.75, 3.05) is 11.4 Å². The summed E-state index contributed by atoms with van der Waals surface area (Å²) in [4.78, 5) is 1.96. The van der Waals surface area contributed by atoms with Crippen LogP contribution >= 0.6 is 12.2 Å². The molecule has 1 aliphatic heterocycles. The van der Waals surface area contributed by atoms with Crippen LogP contribution in [-0.4, -0.2) is 17.6 Å². The molecule has 0 amide bonds. The van der Waals surface area contributed by atoms with Crippen molar-refractivity contribution in [3.63, 3.8) is 0 Å². The van der Waals surface area contributed by atoms with E-state index in [9.17, 15) is 8.78 Å². The molecule has 1 heterocycles. The van der Waals surface area contributed by atoms with E-state index in [4.69, 9.17) is 18.0 Å². The summed E-state index contributed by atoms with van der Waals surface area (Å²) < 4.78 is 28.6. The monoisotopic (exact) mass is 310 g/mol. The third-order valence-corrected chi connectivity index (χ3v) is 5.10. The van der Waals surface area contributed by atoms with Crippen LogP contribution in [0.25, 0.3) is 0 Å². The number of piperidine rings is 1. The molecular formula is C16H20F2N2S. The Morgan fingerprint density at radius 1 is 1.10 bits per heavy atom. The highest BCUT2D eigenvalue weighted by molar-refractivity contribution is 7.80. The molecule has 0 unspecified atom stereocenters. The average molecular weight is 310 g/mol. The van der Waals surface area contributed by atoms with Gasteiger partial charge >= 0.3 is 0 Å². The smallest absolute Gasteiger partial charge is 0.182 e. The molecule has 0 bridgehead atoms. The lowest BCUT2D eigenvalue weighted by atomic mass is 9.78. The lowest BCUT2D eigenvalue weighted by Gasteiger charge is -2.45. The maximum Gasteiger partial charge on any atom is 0.182 e. The first-order chi connectivity index (χ1) is 10.1. The molecule has 3 rings (SSSR count). The summed E-state index contributed by atoms with van der Waals surface area (Å²) in [5, 5.41) is 0. The molecule has 1 saturated carbocycles. The Morgan fingerprint density at radius 2 is 1.81 bits per heavy atom. The van der Waals surface area contributed by atoms with E-state index in [0.29, 0.717) is 17.6 Å². The minimum atomic E-state index is -0.919. The normalized spacial score (nSPS) is 25.5. The van der Waals surface area contributed by atoms with Crippen LogP contribution in [0.1, 0.15) is 44.1 Å². The number of thiocarbonyl (C=S) groups is 1. The minimum Gasteiger partial charge on any atom is -0.389 e. The standard InChI is InChI=1S/C16H20F2N2S/c17-14-11(16(19)21)7-8-13(15(14)18)20-9-3-5-10-4-1-2-6-12(10)20/h7-8,10,12H,1-6,9H2,(H2,19,21)/t10-,12-/m1/s1. The first kappa shape index (κ1) is 14.7. The second-order valence-electron chi connectivity index (χ2n) is 6.07. The molecule has 1 saturated heterocycles. The van der Waals surface area contributed by atoms with E-state index in [0.717, 1.165) is 19.4 Å². The van der Waals surface area contributed by atoms with E-state index in [1.165, 1.54) is 31.7 Å². The van der Waals surface area contributed by atoms with Crippen LogP contribution in [0.4, 0.5) is 14.5 Å². The van der Waals surface area contributed by atoms with Crippen molar-refractivity contribution < 1.29 is 8.78 Å². The molecule has 114 valence electrons. The Bertz CT molecular complexity index is 559. The van der Waals surface area contributed by atoms with Gasteiger partial charge in [0.15, 0.2) is 11.6 Å². The number of benzene rings is 1. The second-order valence-corrected chi connectivity index (χ2v) is 6.51. The number of anilines is 1. The van der Waals surface area contributed by atoms with Gasteiger partial charge in [0.1, 0.15) is 4.99 Å². The van der Waals surface area contributed by atoms with Gasteiger partial charge in [-0.2, -0.15) is 0 Å². The van der Waals surface area contributed by atoms with Gasteiger partial charge in [-0.1, -0.05) is 25.1 Å². The topological polar surface area (TPSA) is 29.3 Å². The van der Waals surface area contributed by atoms with E-state index in [-0.39, 0.29) is 10.6 Å². The molecule has 0 spiro atoms. The zero-order valence-electron chi connectivity index (χ0n) is 11.9. The molecule has 0 aromatic heterocycles. The first-order valence-electron chi connectivity index (χ1n) is 7.64. The maximum atomic E-state index is 14.4. The largest absolute Gasteiger partial charge is 0.389 e. The van der Waals surface area contributed by atoms with Crippen LogP contribution < -0.4 is 10.6 Å². The maximum absolute atomic E-state index is 14.4. The van der Waals surface area contributed by atoms with E-state index in [2.05, 4.69) is 4.90 Å². The number of rotatable bonds is 2. The van der Waals surface area contributed by atoms with E-state index in [1.54, 1.807) is 6.07 Å². The number of nitrogens with two attached hydrogens (primary N) is 1. The Morgan fingerprint density at radius 3 is 2.57 bits per heavy atom. The summed E-state index contributed by atoms with van der Waals surface area (Å²) >= 11 is 4.76. The first-order valence-corrected chi connectivity index (χ1v) is 8.05. The lowest BCUT2D eigenvalue weighted by Crippen LogP contribution is -2.47. The Kier molecular flexibility index (Phi) is 4.11. The molecule has 21 heavy (non-hydrogen) atoms. The Hall–Kier alpha value is -1.23. The summed E-state index contributed by atoms with van der Waals surface area (Å²) in [6.45, 7) is 0.796. The molecule has 2 aliphatic rings. The van der Waals surface area contributed by atoms with Gasteiger partial charge in [0.05, 0.1) is 5.69 Å². The quantitative estimate of drug-likeness (QED) is 0.843. The van der Waals surface area contributed by atoms with Crippen LogP contribution in [0.5, 0.6) is 0 Å². The van der Waals surface area contributed by atoms with E-state index >= 15 is 0 Å². The zero-order valence-corrected chi connectivity index (χ0v) is 12.8. The molecule has 1 aromatic rings. The van der Waals surface area contributed by atoms with Gasteiger partial charge in [-0.3, -0.25) is 0 Å². The molecule has 2 nitrogen and oxygen atoms in total. The highest BCUT2D eigenvalue weighted by Crippen LogP contribution is 2.39. The molecule has 1 aliphatic carbocycles. The van der Waals surface area contributed by atoms with Crippen LogP contribution in [0.3, 0.4) is 0 Å². The third kappa shape index (κ3) is 2.63. The molecular weight excluding hydrogens is 290 g/mol. The van der Waals surface area contributed by atoms with Gasteiger partial charge in [-0.25, -0.2) is 8.78 Å². The summed E-state index contributed by atoms with van der Waals surface area (Å²) in [6.07, 6.45) is 6.95. The number of nitrogens with zero attached hydrogens (tertiary/aromatic N) is 1. The molecule has 0 radical (unpaired) electrons. The van der Waals surface area contributed by atoms with Crippen molar-refractivity contribution in [2.45, 2.75) is 44.6 Å². The van der Waals surface area contributed by atoms with Crippen LogP contribution in [0.2, 0.25) is 0 Å². The summed E-state index contributed by atoms with van der Waals surface area (Å²) in [5.74, 6) is -1.12. The number of fused-ring (bicyclic) bond motifs is 1. The number of hydrogen-bond acceptors (Lipinski definition) is 2. The molecule has 5 heteroatoms. The van der Waals surface area contributed by atoms with Gasteiger partial charge in [-0.05, 0) is 43.7 Å². The number of halogens is 2. The molecule has 2 atom stereocenters. The van der Waals surface area contributed by atoms with Crippen molar-refractivity contribution in [1.82, 2.24) is 0 Å². The molecule has 2 N–H and O–H groups in total. The highest BCUT2D eigenvalue weighted by atomic mass is 32.1. The fourth-order valence-corrected chi connectivity index (χ4v) is 4.03. The summed E-state index contributed by atoms with van der Waals surface area (Å²) in [6, 6.07) is 3.48. The van der Waals surface area contributed by atoms with Crippen LogP contribution in [0, 0.1) is 17.6 Å². The SMILES string of the molecule is NC(=S)c1ccc(N2CCC[C@H]3CCCC[C@H]32)c(F)c1F. The lowest BCUT2D eigenvalue weighted by molar-refractivity contribution is 0.242. The average Bonchev–Trinajstić information content (AvgIpc) is 2.49. The predicted molar refractivity (Wildman–Crippen MR) is 84.6 cm³/mol. The summed E-state index contributed by atoms with van der Waals surface area (Å²) in [7, 11) is 0. The molecule has 2 fully saturated rings. The fourth-order valence-electron chi connectivity index (χ4n) is 3.88. The molecule has 1 aromatic carbocycles. The van der Waals surface area contributed by atoms with Crippen molar-refractivity contribution in [1.29, 1.82) is 0 Å². The Balaban J connectivity index is 1.95. The van der Waals surface area contributed by atoms with Gasteiger partial charge in [0, 0.05) is 18.2 Å². The van der Waals surface area contributed by atoms with E-state index < -0.39 is 11.6 Å². The number of hydrogen-bond donors (Lipinski definition) is 1. The summed E-state index contributed by atoms with van der Waals surface area (Å²) in [5.41, 5.74) is 5.78. The fraction of sp³-hybridized carbons (Fsp3) is 0.562. The van der Waals surface area contributed by atoms with Gasteiger partial charge in [0.2, 0.25) is 0 Å². The van der Waals surface area contributed by atoms with Crippen LogP contribution in [0.15, 0.2) is 12.1 Å².